The van der Waals surface area contributed by atoms with Gasteiger partial charge in [0.2, 0.25) is 0 Å². The lowest BCUT2D eigenvalue weighted by Crippen LogP contribution is -1.96. The number of carbonyl (C=O) groups excluding carboxylic acids is 1. The van der Waals surface area contributed by atoms with Crippen LogP contribution in [0.1, 0.15) is 10.4 Å². The van der Waals surface area contributed by atoms with Crippen LogP contribution in [-0.2, 0) is 0 Å². The highest BCUT2D eigenvalue weighted by Gasteiger charge is 2.00. The van der Waals surface area contributed by atoms with Crippen LogP contribution in [0, 0.1) is 5.82 Å². The number of hydrogen-bond acceptors (Lipinski definition) is 2. The summed E-state index contributed by atoms with van der Waals surface area (Å²) >= 11 is 3.31. The fourth-order valence-corrected chi connectivity index (χ4v) is 1.77. The van der Waals surface area contributed by atoms with E-state index in [1.165, 1.54) is 24.4 Å². The van der Waals surface area contributed by atoms with Crippen LogP contribution in [0.25, 0.3) is 0 Å². The van der Waals surface area contributed by atoms with Gasteiger partial charge in [0.15, 0.2) is 5.78 Å². The fourth-order valence-electron chi connectivity index (χ4n) is 1.50. The Hall–Kier alpha value is -1.94. The molecule has 0 saturated heterocycles. The number of benzene rings is 2. The molecule has 19 heavy (non-hydrogen) atoms. The molecule has 0 radical (unpaired) electrons. The Kier molecular flexibility index (Phi) is 4.47. The van der Waals surface area contributed by atoms with Crippen molar-refractivity contribution in [3.05, 3.63) is 76.7 Å². The monoisotopic (exact) mass is 319 g/mol. The first-order valence-corrected chi connectivity index (χ1v) is 6.43. The Morgan fingerprint density at radius 1 is 1.16 bits per heavy atom. The van der Waals surface area contributed by atoms with Gasteiger partial charge in [0.1, 0.15) is 5.82 Å². The largest absolute Gasteiger partial charge is 0.361 e. The van der Waals surface area contributed by atoms with Gasteiger partial charge in [-0.1, -0.05) is 22.0 Å². The molecule has 0 unspecified atom stereocenters. The highest BCUT2D eigenvalue weighted by atomic mass is 79.9. The van der Waals surface area contributed by atoms with Gasteiger partial charge in [-0.15, -0.1) is 0 Å². The molecule has 0 heterocycles. The standard InChI is InChI=1S/C15H11BrFNO/c16-12-6-4-11(5-7-12)15(19)8-9-18-14-3-1-2-13(17)10-14/h1-10,18H/b9-8+. The van der Waals surface area contributed by atoms with E-state index >= 15 is 0 Å². The molecule has 0 fully saturated rings. The van der Waals surface area contributed by atoms with Crippen molar-refractivity contribution in [3.8, 4) is 0 Å². The second-order valence-electron chi connectivity index (χ2n) is 3.86. The van der Waals surface area contributed by atoms with E-state index in [9.17, 15) is 9.18 Å². The van der Waals surface area contributed by atoms with E-state index in [4.69, 9.17) is 0 Å². The molecule has 0 aliphatic carbocycles. The number of rotatable bonds is 4. The van der Waals surface area contributed by atoms with Crippen molar-refractivity contribution in [1.29, 1.82) is 0 Å². The van der Waals surface area contributed by atoms with E-state index in [0.29, 0.717) is 11.3 Å². The molecule has 1 N–H and O–H groups in total. The molecule has 0 atom stereocenters. The molecular weight excluding hydrogens is 309 g/mol. The van der Waals surface area contributed by atoms with Crippen LogP contribution in [-0.4, -0.2) is 5.78 Å². The van der Waals surface area contributed by atoms with Crippen molar-refractivity contribution >= 4 is 27.4 Å². The number of ketones is 1. The Morgan fingerprint density at radius 2 is 1.89 bits per heavy atom. The molecule has 2 nitrogen and oxygen atoms in total. The summed E-state index contributed by atoms with van der Waals surface area (Å²) in [5.41, 5.74) is 1.19. The highest BCUT2D eigenvalue weighted by molar-refractivity contribution is 9.10. The van der Waals surface area contributed by atoms with Crippen molar-refractivity contribution < 1.29 is 9.18 Å². The molecule has 0 aliphatic heterocycles. The van der Waals surface area contributed by atoms with E-state index in [0.717, 1.165) is 4.47 Å². The summed E-state index contributed by atoms with van der Waals surface area (Å²) in [6.07, 6.45) is 2.91. The number of anilines is 1. The lowest BCUT2D eigenvalue weighted by molar-refractivity contribution is 0.104. The van der Waals surface area contributed by atoms with Crippen molar-refractivity contribution in [2.45, 2.75) is 0 Å². The number of carbonyl (C=O) groups is 1. The van der Waals surface area contributed by atoms with Crippen LogP contribution in [0.15, 0.2) is 65.3 Å². The van der Waals surface area contributed by atoms with Gasteiger partial charge in [-0.3, -0.25) is 4.79 Å². The normalized spacial score (nSPS) is 10.6. The Labute approximate surface area is 119 Å². The predicted molar refractivity (Wildman–Crippen MR) is 77.6 cm³/mol. The topological polar surface area (TPSA) is 29.1 Å². The van der Waals surface area contributed by atoms with E-state index < -0.39 is 0 Å². The second kappa shape index (κ2) is 6.29. The van der Waals surface area contributed by atoms with E-state index in [1.807, 2.05) is 0 Å². The van der Waals surface area contributed by atoms with Crippen LogP contribution in [0.2, 0.25) is 0 Å². The first-order chi connectivity index (χ1) is 9.15. The highest BCUT2D eigenvalue weighted by Crippen LogP contribution is 2.12. The average Bonchev–Trinajstić information content (AvgIpc) is 2.39. The summed E-state index contributed by atoms with van der Waals surface area (Å²) in [6, 6.07) is 13.1. The van der Waals surface area contributed by atoms with Crippen LogP contribution in [0.5, 0.6) is 0 Å². The third kappa shape index (κ3) is 4.03. The van der Waals surface area contributed by atoms with Crippen molar-refractivity contribution in [2.24, 2.45) is 0 Å². The molecule has 0 saturated carbocycles. The SMILES string of the molecule is O=C(/C=C/Nc1cccc(F)c1)c1ccc(Br)cc1. The summed E-state index contributed by atoms with van der Waals surface area (Å²) in [4.78, 5) is 11.8. The smallest absolute Gasteiger partial charge is 0.187 e. The predicted octanol–water partition coefficient (Wildman–Crippen LogP) is 4.40. The van der Waals surface area contributed by atoms with Crippen LogP contribution in [0.3, 0.4) is 0 Å². The first-order valence-electron chi connectivity index (χ1n) is 5.64. The zero-order valence-corrected chi connectivity index (χ0v) is 11.5. The molecule has 0 aliphatic rings. The maximum Gasteiger partial charge on any atom is 0.187 e. The van der Waals surface area contributed by atoms with Gasteiger partial charge < -0.3 is 5.32 Å². The maximum absolute atomic E-state index is 12.9. The molecule has 0 amide bonds. The van der Waals surface area contributed by atoms with Crippen molar-refractivity contribution in [2.75, 3.05) is 5.32 Å². The third-order valence-electron chi connectivity index (χ3n) is 2.44. The van der Waals surface area contributed by atoms with Crippen LogP contribution >= 0.6 is 15.9 Å². The number of nitrogens with one attached hydrogen (secondary N) is 1. The molecule has 0 spiro atoms. The minimum absolute atomic E-state index is 0.114. The van der Waals surface area contributed by atoms with Gasteiger partial charge in [0.25, 0.3) is 0 Å². The van der Waals surface area contributed by atoms with Gasteiger partial charge in [-0.25, -0.2) is 4.39 Å². The van der Waals surface area contributed by atoms with Gasteiger partial charge in [0.05, 0.1) is 0 Å². The lowest BCUT2D eigenvalue weighted by atomic mass is 10.1. The van der Waals surface area contributed by atoms with Gasteiger partial charge in [0, 0.05) is 28.0 Å². The maximum atomic E-state index is 12.9. The average molecular weight is 320 g/mol. The molecule has 0 aromatic heterocycles. The minimum atomic E-state index is -0.322. The molecule has 0 bridgehead atoms. The lowest BCUT2D eigenvalue weighted by Gasteiger charge is -2.00. The van der Waals surface area contributed by atoms with Crippen LogP contribution in [0.4, 0.5) is 10.1 Å². The van der Waals surface area contributed by atoms with Gasteiger partial charge in [-0.2, -0.15) is 0 Å². The third-order valence-corrected chi connectivity index (χ3v) is 2.97. The summed E-state index contributed by atoms with van der Waals surface area (Å²) in [5.74, 6) is -0.436. The van der Waals surface area contributed by atoms with Crippen molar-refractivity contribution in [1.82, 2.24) is 0 Å². The molecule has 2 rings (SSSR count). The van der Waals surface area contributed by atoms with Gasteiger partial charge in [-0.05, 0) is 42.5 Å². The molecule has 4 heteroatoms. The number of allylic oxidation sites excluding steroid dienone is 1. The zero-order valence-electron chi connectivity index (χ0n) is 9.94. The zero-order chi connectivity index (χ0) is 13.7. The van der Waals surface area contributed by atoms with Crippen LogP contribution < -0.4 is 5.32 Å². The Bertz CT molecular complexity index is 608. The molecule has 2 aromatic carbocycles. The quantitative estimate of drug-likeness (QED) is 0.668. The Balaban J connectivity index is 1.99. The van der Waals surface area contributed by atoms with Crippen molar-refractivity contribution in [3.63, 3.8) is 0 Å². The fraction of sp³-hybridized carbons (Fsp3) is 0. The summed E-state index contributed by atoms with van der Waals surface area (Å²) in [5, 5.41) is 2.85. The summed E-state index contributed by atoms with van der Waals surface area (Å²) < 4.78 is 13.8. The molecular formula is C15H11BrFNO. The number of hydrogen-bond donors (Lipinski definition) is 1. The Morgan fingerprint density at radius 3 is 2.58 bits per heavy atom. The minimum Gasteiger partial charge on any atom is -0.361 e. The van der Waals surface area contributed by atoms with E-state index in [-0.39, 0.29) is 11.6 Å². The number of halogens is 2. The summed E-state index contributed by atoms with van der Waals surface area (Å²) in [6.45, 7) is 0. The van der Waals surface area contributed by atoms with E-state index in [1.54, 1.807) is 36.4 Å². The van der Waals surface area contributed by atoms with E-state index in [2.05, 4.69) is 21.2 Å². The second-order valence-corrected chi connectivity index (χ2v) is 4.77. The molecule has 96 valence electrons. The summed E-state index contributed by atoms with van der Waals surface area (Å²) in [7, 11) is 0. The first kappa shape index (κ1) is 13.5. The molecule has 2 aromatic rings. The van der Waals surface area contributed by atoms with Gasteiger partial charge >= 0.3 is 0 Å².